The van der Waals surface area contributed by atoms with Crippen molar-refractivity contribution < 1.29 is 4.79 Å². The minimum absolute atomic E-state index is 0.147. The third-order valence-corrected chi connectivity index (χ3v) is 2.80. The van der Waals surface area contributed by atoms with Crippen molar-refractivity contribution in [2.24, 2.45) is 5.73 Å². The Kier molecular flexibility index (Phi) is 5.15. The average molecular weight is 257 g/mol. The summed E-state index contributed by atoms with van der Waals surface area (Å²) in [5, 5.41) is 0.404. The fraction of sp³-hybridized carbons (Fsp3) is 0.545. The van der Waals surface area contributed by atoms with Crippen LogP contribution >= 0.6 is 11.6 Å². The van der Waals surface area contributed by atoms with Gasteiger partial charge in [-0.15, -0.1) is 0 Å². The standard InChI is InChI=1S/C11H17ClN4O/c1-3-4-5-16(6-9(13)17)11-8(2)10(12)14-7-15-11/h7H,3-6H2,1-2H3,(H2,13,17). The molecule has 0 fully saturated rings. The van der Waals surface area contributed by atoms with Gasteiger partial charge in [0, 0.05) is 12.1 Å². The molecule has 0 aliphatic carbocycles. The van der Waals surface area contributed by atoms with Crippen molar-refractivity contribution in [3.63, 3.8) is 0 Å². The zero-order valence-electron chi connectivity index (χ0n) is 10.1. The van der Waals surface area contributed by atoms with Gasteiger partial charge in [-0.2, -0.15) is 0 Å². The van der Waals surface area contributed by atoms with E-state index >= 15 is 0 Å². The summed E-state index contributed by atoms with van der Waals surface area (Å²) in [5.74, 6) is 0.299. The van der Waals surface area contributed by atoms with Crippen LogP contribution < -0.4 is 10.6 Å². The van der Waals surface area contributed by atoms with Crippen molar-refractivity contribution in [1.82, 2.24) is 9.97 Å². The maximum Gasteiger partial charge on any atom is 0.236 e. The van der Waals surface area contributed by atoms with Crippen LogP contribution in [0.1, 0.15) is 25.3 Å². The Balaban J connectivity index is 2.94. The number of aromatic nitrogens is 2. The van der Waals surface area contributed by atoms with E-state index in [0.717, 1.165) is 24.9 Å². The van der Waals surface area contributed by atoms with Gasteiger partial charge >= 0.3 is 0 Å². The molecule has 17 heavy (non-hydrogen) atoms. The molecule has 2 N–H and O–H groups in total. The molecule has 1 heterocycles. The van der Waals surface area contributed by atoms with Gasteiger partial charge in [0.15, 0.2) is 0 Å². The molecule has 0 spiro atoms. The third-order valence-electron chi connectivity index (χ3n) is 2.42. The van der Waals surface area contributed by atoms with E-state index in [1.807, 2.05) is 11.8 Å². The van der Waals surface area contributed by atoms with Crippen molar-refractivity contribution in [2.75, 3.05) is 18.0 Å². The zero-order valence-corrected chi connectivity index (χ0v) is 10.9. The lowest BCUT2D eigenvalue weighted by molar-refractivity contribution is -0.116. The number of carbonyl (C=O) groups excluding carboxylic acids is 1. The van der Waals surface area contributed by atoms with Crippen LogP contribution in [-0.2, 0) is 4.79 Å². The molecule has 0 bridgehead atoms. The molecule has 0 aromatic carbocycles. The molecule has 0 atom stereocenters. The highest BCUT2D eigenvalue weighted by atomic mass is 35.5. The van der Waals surface area contributed by atoms with Crippen LogP contribution in [-0.4, -0.2) is 29.0 Å². The lowest BCUT2D eigenvalue weighted by Crippen LogP contribution is -2.35. The Hall–Kier alpha value is -1.36. The number of halogens is 1. The summed E-state index contributed by atoms with van der Waals surface area (Å²) < 4.78 is 0. The summed E-state index contributed by atoms with van der Waals surface area (Å²) in [4.78, 5) is 20.9. The summed E-state index contributed by atoms with van der Waals surface area (Å²) in [7, 11) is 0. The van der Waals surface area contributed by atoms with E-state index in [1.165, 1.54) is 6.33 Å². The molecule has 1 rings (SSSR count). The first kappa shape index (κ1) is 13.7. The van der Waals surface area contributed by atoms with Crippen molar-refractivity contribution in [2.45, 2.75) is 26.7 Å². The van der Waals surface area contributed by atoms with Gasteiger partial charge in [0.05, 0.1) is 6.54 Å². The molecule has 0 aliphatic heterocycles. The summed E-state index contributed by atoms with van der Waals surface area (Å²) in [6.07, 6.45) is 3.39. The van der Waals surface area contributed by atoms with Crippen molar-refractivity contribution in [3.05, 3.63) is 17.0 Å². The number of carbonyl (C=O) groups is 1. The lowest BCUT2D eigenvalue weighted by Gasteiger charge is -2.23. The van der Waals surface area contributed by atoms with E-state index in [9.17, 15) is 4.79 Å². The number of hydrogen-bond donors (Lipinski definition) is 1. The van der Waals surface area contributed by atoms with Gasteiger partial charge in [0.1, 0.15) is 17.3 Å². The smallest absolute Gasteiger partial charge is 0.236 e. The van der Waals surface area contributed by atoms with Gasteiger partial charge in [-0.05, 0) is 13.3 Å². The van der Waals surface area contributed by atoms with Crippen LogP contribution in [0.3, 0.4) is 0 Å². The summed E-state index contributed by atoms with van der Waals surface area (Å²) in [6.45, 7) is 4.79. The first-order valence-corrected chi connectivity index (χ1v) is 5.94. The zero-order chi connectivity index (χ0) is 12.8. The van der Waals surface area contributed by atoms with Gasteiger partial charge < -0.3 is 10.6 Å². The van der Waals surface area contributed by atoms with Gasteiger partial charge in [0.25, 0.3) is 0 Å². The molecule has 0 saturated carbocycles. The molecular formula is C11H17ClN4O. The number of primary amides is 1. The molecule has 1 aromatic heterocycles. The number of amides is 1. The molecule has 0 radical (unpaired) electrons. The number of unbranched alkanes of at least 4 members (excludes halogenated alkanes) is 1. The SMILES string of the molecule is CCCCN(CC(N)=O)c1ncnc(Cl)c1C. The van der Waals surface area contributed by atoms with E-state index in [-0.39, 0.29) is 12.5 Å². The maximum atomic E-state index is 11.0. The minimum atomic E-state index is -0.379. The summed E-state index contributed by atoms with van der Waals surface area (Å²) >= 11 is 5.93. The molecule has 1 amide bonds. The second-order valence-corrected chi connectivity index (χ2v) is 4.21. The summed E-state index contributed by atoms with van der Waals surface area (Å²) in [5.41, 5.74) is 6.00. The first-order valence-electron chi connectivity index (χ1n) is 5.56. The van der Waals surface area contributed by atoms with Crippen LogP contribution in [0.4, 0.5) is 5.82 Å². The van der Waals surface area contributed by atoms with E-state index in [2.05, 4.69) is 16.9 Å². The predicted octanol–water partition coefficient (Wildman–Crippen LogP) is 1.53. The van der Waals surface area contributed by atoms with Gasteiger partial charge in [0.2, 0.25) is 5.91 Å². The minimum Gasteiger partial charge on any atom is -0.368 e. The molecule has 5 nitrogen and oxygen atoms in total. The molecule has 94 valence electrons. The lowest BCUT2D eigenvalue weighted by atomic mass is 10.2. The van der Waals surface area contributed by atoms with Crippen molar-refractivity contribution in [1.29, 1.82) is 0 Å². The highest BCUT2D eigenvalue weighted by molar-refractivity contribution is 6.30. The van der Waals surface area contributed by atoms with Crippen LogP contribution in [0.25, 0.3) is 0 Å². The Morgan fingerprint density at radius 2 is 2.24 bits per heavy atom. The normalized spacial score (nSPS) is 10.3. The average Bonchev–Trinajstić information content (AvgIpc) is 2.28. The largest absolute Gasteiger partial charge is 0.368 e. The summed E-state index contributed by atoms with van der Waals surface area (Å²) in [6, 6.07) is 0. The fourth-order valence-electron chi connectivity index (χ4n) is 1.54. The predicted molar refractivity (Wildman–Crippen MR) is 68.1 cm³/mol. The first-order chi connectivity index (χ1) is 8.06. The quantitative estimate of drug-likeness (QED) is 0.784. The van der Waals surface area contributed by atoms with Crippen LogP contribution in [0.2, 0.25) is 5.15 Å². The van der Waals surface area contributed by atoms with Crippen LogP contribution in [0.5, 0.6) is 0 Å². The topological polar surface area (TPSA) is 72.1 Å². The van der Waals surface area contributed by atoms with Crippen LogP contribution in [0, 0.1) is 6.92 Å². The number of rotatable bonds is 6. The Morgan fingerprint density at radius 3 is 2.82 bits per heavy atom. The number of anilines is 1. The molecule has 0 aliphatic rings. The Labute approximate surface area is 106 Å². The van der Waals surface area contributed by atoms with E-state index < -0.39 is 0 Å². The Bertz CT molecular complexity index is 397. The molecule has 0 saturated heterocycles. The molecule has 0 unspecified atom stereocenters. The van der Waals surface area contributed by atoms with Crippen molar-refractivity contribution >= 4 is 23.3 Å². The van der Waals surface area contributed by atoms with Gasteiger partial charge in [-0.3, -0.25) is 4.79 Å². The van der Waals surface area contributed by atoms with E-state index in [4.69, 9.17) is 17.3 Å². The Morgan fingerprint density at radius 1 is 1.53 bits per heavy atom. The second kappa shape index (κ2) is 6.39. The number of nitrogens with zero attached hydrogens (tertiary/aromatic N) is 3. The van der Waals surface area contributed by atoms with E-state index in [1.54, 1.807) is 0 Å². The monoisotopic (exact) mass is 256 g/mol. The number of nitrogens with two attached hydrogens (primary N) is 1. The van der Waals surface area contributed by atoms with Crippen molar-refractivity contribution in [3.8, 4) is 0 Å². The third kappa shape index (κ3) is 3.85. The number of hydrogen-bond acceptors (Lipinski definition) is 4. The van der Waals surface area contributed by atoms with E-state index in [0.29, 0.717) is 11.0 Å². The molecule has 6 heteroatoms. The van der Waals surface area contributed by atoms with Gasteiger partial charge in [-0.25, -0.2) is 9.97 Å². The fourth-order valence-corrected chi connectivity index (χ4v) is 1.66. The van der Waals surface area contributed by atoms with Crippen LogP contribution in [0.15, 0.2) is 6.33 Å². The highest BCUT2D eigenvalue weighted by Gasteiger charge is 2.14. The molecule has 1 aromatic rings. The maximum absolute atomic E-state index is 11.0. The van der Waals surface area contributed by atoms with Gasteiger partial charge in [-0.1, -0.05) is 24.9 Å². The highest BCUT2D eigenvalue weighted by Crippen LogP contribution is 2.22. The second-order valence-electron chi connectivity index (χ2n) is 3.85. The molecular weight excluding hydrogens is 240 g/mol.